The normalized spacial score (nSPS) is 13.7. The first-order valence-corrected chi connectivity index (χ1v) is 20.6. The lowest BCUT2D eigenvalue weighted by Gasteiger charge is -2.26. The van der Waals surface area contributed by atoms with Gasteiger partial charge in [-0.05, 0) is 64.2 Å². The highest BCUT2D eigenvalue weighted by molar-refractivity contribution is 5.71. The molecule has 0 aliphatic rings. The molecular weight excluding hydrogens is 682 g/mol. The smallest absolute Gasteiger partial charge is 0.310 e. The maximum atomic E-state index is 12.6. The van der Waals surface area contributed by atoms with Crippen molar-refractivity contribution < 1.29 is 42.9 Å². The van der Waals surface area contributed by atoms with Gasteiger partial charge in [-0.3, -0.25) is 9.59 Å². The molecule has 0 heterocycles. The molecule has 2 unspecified atom stereocenters. The van der Waals surface area contributed by atoms with Gasteiger partial charge in [-0.15, -0.1) is 0 Å². The molecule has 0 spiro atoms. The second kappa shape index (κ2) is 36.7. The van der Waals surface area contributed by atoms with Crippen molar-refractivity contribution in [3.05, 3.63) is 72.9 Å². The Morgan fingerprint density at radius 2 is 1.11 bits per heavy atom. The molecule has 0 saturated heterocycles. The minimum absolute atomic E-state index is 0.0106. The van der Waals surface area contributed by atoms with Crippen molar-refractivity contribution in [2.24, 2.45) is 0 Å². The molecule has 9 heteroatoms. The minimum atomic E-state index is -1.65. The summed E-state index contributed by atoms with van der Waals surface area (Å²) in [7, 11) is 5.86. The number of carbonyl (C=O) groups excluding carboxylic acids is 3. The van der Waals surface area contributed by atoms with Gasteiger partial charge in [0.1, 0.15) is 13.2 Å². The van der Waals surface area contributed by atoms with Crippen LogP contribution in [-0.4, -0.2) is 82.3 Å². The van der Waals surface area contributed by atoms with E-state index >= 15 is 0 Å². The number of hydrogen-bond donors (Lipinski definition) is 0. The van der Waals surface area contributed by atoms with E-state index in [1.54, 1.807) is 6.08 Å². The average molecular weight is 758 g/mol. The molecule has 0 bridgehead atoms. The van der Waals surface area contributed by atoms with E-state index in [0.29, 0.717) is 23.9 Å². The molecule has 54 heavy (non-hydrogen) atoms. The summed E-state index contributed by atoms with van der Waals surface area (Å²) in [6.07, 6.45) is 41.1. The zero-order valence-electron chi connectivity index (χ0n) is 34.6. The number of nitrogens with zero attached hydrogens (tertiary/aromatic N) is 1. The second-order valence-corrected chi connectivity index (χ2v) is 14.6. The summed E-state index contributed by atoms with van der Waals surface area (Å²) in [5, 5.41) is 11.7. The zero-order chi connectivity index (χ0) is 40.0. The molecule has 0 aromatic carbocycles. The van der Waals surface area contributed by atoms with Gasteiger partial charge in [-0.25, -0.2) is 0 Å². The van der Waals surface area contributed by atoms with Crippen LogP contribution in [-0.2, 0) is 33.3 Å². The van der Waals surface area contributed by atoms with Crippen molar-refractivity contribution in [2.45, 2.75) is 148 Å². The van der Waals surface area contributed by atoms with Crippen LogP contribution in [0.3, 0.4) is 0 Å². The molecule has 0 aliphatic carbocycles. The molecule has 0 amide bonds. The molecular formula is C45H75NO8. The number of ether oxygens (including phenoxy) is 4. The van der Waals surface area contributed by atoms with Crippen LogP contribution in [0.4, 0.5) is 0 Å². The van der Waals surface area contributed by atoms with Gasteiger partial charge in [0.05, 0.1) is 46.7 Å². The fourth-order valence-electron chi connectivity index (χ4n) is 5.01. The first-order valence-electron chi connectivity index (χ1n) is 20.6. The Balaban J connectivity index is 4.67. The lowest BCUT2D eigenvalue weighted by atomic mass is 10.1. The molecule has 2 atom stereocenters. The number of likely N-dealkylation sites (N-methyl/N-ethyl adjacent to an activating group) is 1. The second-order valence-electron chi connectivity index (χ2n) is 14.6. The maximum absolute atomic E-state index is 12.6. The number of rotatable bonds is 36. The maximum Gasteiger partial charge on any atom is 0.310 e. The van der Waals surface area contributed by atoms with Crippen molar-refractivity contribution in [3.8, 4) is 0 Å². The van der Waals surface area contributed by atoms with E-state index in [1.807, 2.05) is 33.3 Å². The number of carboxylic acids is 1. The van der Waals surface area contributed by atoms with Crippen LogP contribution < -0.4 is 5.11 Å². The van der Waals surface area contributed by atoms with Crippen LogP contribution in [0.1, 0.15) is 136 Å². The Kier molecular flexibility index (Phi) is 34.5. The fourth-order valence-corrected chi connectivity index (χ4v) is 5.01. The Morgan fingerprint density at radius 3 is 1.65 bits per heavy atom. The van der Waals surface area contributed by atoms with Gasteiger partial charge >= 0.3 is 11.9 Å². The molecule has 308 valence electrons. The highest BCUT2D eigenvalue weighted by Crippen LogP contribution is 2.11. The topological polar surface area (TPSA) is 111 Å². The van der Waals surface area contributed by atoms with Gasteiger partial charge in [0.15, 0.2) is 12.4 Å². The van der Waals surface area contributed by atoms with E-state index < -0.39 is 30.3 Å². The van der Waals surface area contributed by atoms with Crippen LogP contribution in [0.25, 0.3) is 0 Å². The van der Waals surface area contributed by atoms with Crippen molar-refractivity contribution in [2.75, 3.05) is 47.5 Å². The number of hydrogen-bond acceptors (Lipinski definition) is 8. The summed E-state index contributed by atoms with van der Waals surface area (Å²) in [4.78, 5) is 36.8. The molecule has 0 N–H and O–H groups in total. The number of carboxylic acid groups (broad SMARTS) is 1. The standard InChI is InChI=1S/C45H75NO8/c1-6-8-10-12-14-16-18-20-22-24-26-28-30-32-34-36-43(48)54-41(40-53-45(44(49)50)51-38-37-46(3,4)5)39-52-42(47)35-33-31-29-27-25-23-21-19-17-15-13-11-9-7-2/h8,10,14,16,19-22,26,28,32,34,41,45H,6-7,9,11-13,15,17-18,23-25,27,29-31,33,35-40H2,1-5H3/b10-8-,16-14-,21-19-,22-20-,28-26-,34-32-. The first kappa shape index (κ1) is 50.7. The van der Waals surface area contributed by atoms with E-state index in [4.69, 9.17) is 18.9 Å². The third kappa shape index (κ3) is 37.1. The number of aliphatic carboxylic acids is 1. The number of quaternary nitrogens is 1. The van der Waals surface area contributed by atoms with Crippen LogP contribution in [0.15, 0.2) is 72.9 Å². The van der Waals surface area contributed by atoms with Crippen molar-refractivity contribution in [1.82, 2.24) is 0 Å². The van der Waals surface area contributed by atoms with Gasteiger partial charge in [0.25, 0.3) is 0 Å². The molecule has 0 rings (SSSR count). The van der Waals surface area contributed by atoms with Gasteiger partial charge in [-0.2, -0.15) is 0 Å². The average Bonchev–Trinajstić information content (AvgIpc) is 3.12. The molecule has 0 fully saturated rings. The molecule has 0 aliphatic heterocycles. The molecule has 0 radical (unpaired) electrons. The van der Waals surface area contributed by atoms with E-state index in [1.165, 1.54) is 38.5 Å². The minimum Gasteiger partial charge on any atom is -0.545 e. The van der Waals surface area contributed by atoms with Crippen molar-refractivity contribution >= 4 is 17.9 Å². The first-order chi connectivity index (χ1) is 26.1. The molecule has 0 aromatic heterocycles. The largest absolute Gasteiger partial charge is 0.545 e. The van der Waals surface area contributed by atoms with Gasteiger partial charge in [0, 0.05) is 6.42 Å². The van der Waals surface area contributed by atoms with Crippen LogP contribution in [0.2, 0.25) is 0 Å². The number of unbranched alkanes of at least 4 members (excludes halogenated alkanes) is 10. The number of allylic oxidation sites excluding steroid dienone is 11. The Morgan fingerprint density at radius 1 is 0.593 bits per heavy atom. The summed E-state index contributed by atoms with van der Waals surface area (Å²) in [6.45, 7) is 4.46. The van der Waals surface area contributed by atoms with Gasteiger partial charge in [0.2, 0.25) is 0 Å². The molecule has 9 nitrogen and oxygen atoms in total. The van der Waals surface area contributed by atoms with Crippen LogP contribution in [0, 0.1) is 0 Å². The summed E-state index contributed by atoms with van der Waals surface area (Å²) in [5.74, 6) is -2.48. The lowest BCUT2D eigenvalue weighted by molar-refractivity contribution is -0.870. The third-order valence-corrected chi connectivity index (χ3v) is 8.22. The van der Waals surface area contributed by atoms with E-state index in [0.717, 1.165) is 57.8 Å². The molecule has 0 saturated carbocycles. The highest BCUT2D eigenvalue weighted by Gasteiger charge is 2.21. The Bertz CT molecular complexity index is 1120. The summed E-state index contributed by atoms with van der Waals surface area (Å²) in [5.41, 5.74) is 0. The zero-order valence-corrected chi connectivity index (χ0v) is 34.6. The van der Waals surface area contributed by atoms with Crippen molar-refractivity contribution in [1.29, 1.82) is 0 Å². The number of esters is 2. The van der Waals surface area contributed by atoms with E-state index in [-0.39, 0.29) is 32.7 Å². The predicted molar refractivity (Wildman–Crippen MR) is 218 cm³/mol. The van der Waals surface area contributed by atoms with Gasteiger partial charge in [-0.1, -0.05) is 132 Å². The quantitative estimate of drug-likeness (QED) is 0.0205. The fraction of sp³-hybridized carbons (Fsp3) is 0.667. The SMILES string of the molecule is CC/C=C\C/C=C\C/C=C\C/C=C\C/C=C\CC(=O)OC(COC(=O)CCCCCCC/C=C\CCCCCCC)COC(OCC[N+](C)(C)C)C(=O)[O-]. The summed E-state index contributed by atoms with van der Waals surface area (Å²) >= 11 is 0. The van der Waals surface area contributed by atoms with E-state index in [2.05, 4.69) is 68.5 Å². The van der Waals surface area contributed by atoms with Crippen LogP contribution in [0.5, 0.6) is 0 Å². The van der Waals surface area contributed by atoms with Gasteiger partial charge < -0.3 is 33.3 Å². The van der Waals surface area contributed by atoms with E-state index in [9.17, 15) is 19.5 Å². The number of carbonyl (C=O) groups is 3. The predicted octanol–water partition coefficient (Wildman–Crippen LogP) is 9.05. The summed E-state index contributed by atoms with van der Waals surface area (Å²) < 4.78 is 22.3. The lowest BCUT2D eigenvalue weighted by Crippen LogP contribution is -2.44. The van der Waals surface area contributed by atoms with Crippen LogP contribution >= 0.6 is 0 Å². The molecule has 0 aromatic rings. The van der Waals surface area contributed by atoms with Crippen molar-refractivity contribution in [3.63, 3.8) is 0 Å². The highest BCUT2D eigenvalue weighted by atomic mass is 16.7. The Labute approximate surface area is 328 Å². The Hall–Kier alpha value is -3.27. The summed E-state index contributed by atoms with van der Waals surface area (Å²) in [6, 6.07) is 0. The third-order valence-electron chi connectivity index (χ3n) is 8.22. The monoisotopic (exact) mass is 758 g/mol.